The van der Waals surface area contributed by atoms with Gasteiger partial charge in [-0.3, -0.25) is 4.57 Å². The van der Waals surface area contributed by atoms with E-state index in [9.17, 15) is 0 Å². The van der Waals surface area contributed by atoms with Gasteiger partial charge in [-0.15, -0.1) is 10.2 Å². The minimum absolute atomic E-state index is 0.0777. The smallest absolute Gasteiger partial charge is 0.225 e. The van der Waals surface area contributed by atoms with E-state index >= 15 is 0 Å². The molecule has 1 atom stereocenters. The molecule has 3 rings (SSSR count). The first-order chi connectivity index (χ1) is 9.77. The number of hydrogen-bond donors (Lipinski definition) is 0. The Hall–Kier alpha value is -2.13. The zero-order chi connectivity index (χ0) is 13.9. The fourth-order valence-electron chi connectivity index (χ4n) is 2.28. The minimum Gasteiger partial charge on any atom is -0.290 e. The fourth-order valence-corrected chi connectivity index (χ4v) is 2.54. The van der Waals surface area contributed by atoms with E-state index in [4.69, 9.17) is 11.6 Å². The molecule has 0 saturated carbocycles. The van der Waals surface area contributed by atoms with Crippen LogP contribution in [0.5, 0.6) is 0 Å². The molecule has 1 heterocycles. The molecule has 0 radical (unpaired) electrons. The van der Waals surface area contributed by atoms with Crippen LogP contribution in [0.15, 0.2) is 60.7 Å². The van der Waals surface area contributed by atoms with Crippen molar-refractivity contribution in [3.05, 3.63) is 71.5 Å². The summed E-state index contributed by atoms with van der Waals surface area (Å²) in [6.07, 6.45) is 0. The van der Waals surface area contributed by atoms with Crippen LogP contribution < -0.4 is 0 Å². The van der Waals surface area contributed by atoms with Crippen molar-refractivity contribution in [3.8, 4) is 11.4 Å². The lowest BCUT2D eigenvalue weighted by Gasteiger charge is -2.16. The Labute approximate surface area is 122 Å². The Kier molecular flexibility index (Phi) is 3.52. The largest absolute Gasteiger partial charge is 0.290 e. The van der Waals surface area contributed by atoms with E-state index in [1.165, 1.54) is 5.56 Å². The number of rotatable bonds is 3. The highest BCUT2D eigenvalue weighted by atomic mass is 35.5. The number of aromatic nitrogens is 3. The molecule has 1 aromatic heterocycles. The lowest BCUT2D eigenvalue weighted by Crippen LogP contribution is -2.08. The number of halogens is 1. The van der Waals surface area contributed by atoms with Crippen molar-refractivity contribution in [2.45, 2.75) is 13.0 Å². The van der Waals surface area contributed by atoms with Gasteiger partial charge in [0.05, 0.1) is 6.04 Å². The summed E-state index contributed by atoms with van der Waals surface area (Å²) in [6.45, 7) is 2.09. The van der Waals surface area contributed by atoms with E-state index in [0.717, 1.165) is 11.4 Å². The molecular formula is C16H14ClN3. The predicted octanol–water partition coefficient (Wildman–Crippen LogP) is 4.21. The molecule has 1 unspecified atom stereocenters. The molecule has 0 aliphatic heterocycles. The van der Waals surface area contributed by atoms with Gasteiger partial charge in [0.15, 0.2) is 5.82 Å². The predicted molar refractivity (Wildman–Crippen MR) is 80.7 cm³/mol. The van der Waals surface area contributed by atoms with Gasteiger partial charge in [0.2, 0.25) is 5.28 Å². The van der Waals surface area contributed by atoms with Crippen molar-refractivity contribution < 1.29 is 0 Å². The second-order valence-electron chi connectivity index (χ2n) is 4.62. The van der Waals surface area contributed by atoms with Gasteiger partial charge in [-0.1, -0.05) is 60.7 Å². The third-order valence-electron chi connectivity index (χ3n) is 3.36. The van der Waals surface area contributed by atoms with Gasteiger partial charge >= 0.3 is 0 Å². The van der Waals surface area contributed by atoms with Crippen molar-refractivity contribution in [1.82, 2.24) is 14.8 Å². The first-order valence-electron chi connectivity index (χ1n) is 6.48. The fraction of sp³-hybridized carbons (Fsp3) is 0.125. The first kappa shape index (κ1) is 12.9. The van der Waals surface area contributed by atoms with E-state index in [2.05, 4.69) is 29.3 Å². The van der Waals surface area contributed by atoms with E-state index in [0.29, 0.717) is 5.28 Å². The van der Waals surface area contributed by atoms with Gasteiger partial charge in [-0.25, -0.2) is 0 Å². The van der Waals surface area contributed by atoms with Gasteiger partial charge in [0.1, 0.15) is 0 Å². The summed E-state index contributed by atoms with van der Waals surface area (Å²) < 4.78 is 1.95. The highest BCUT2D eigenvalue weighted by molar-refractivity contribution is 6.28. The molecule has 2 aromatic carbocycles. The van der Waals surface area contributed by atoms with Crippen LogP contribution in [0.25, 0.3) is 11.4 Å². The molecular weight excluding hydrogens is 270 g/mol. The molecule has 0 spiro atoms. The summed E-state index contributed by atoms with van der Waals surface area (Å²) in [6, 6.07) is 20.2. The molecule has 0 amide bonds. The summed E-state index contributed by atoms with van der Waals surface area (Å²) >= 11 is 6.23. The van der Waals surface area contributed by atoms with Crippen LogP contribution in [0, 0.1) is 0 Å². The molecule has 4 heteroatoms. The SMILES string of the molecule is CC(c1ccccc1)n1c(Cl)nnc1-c1ccccc1. The average molecular weight is 284 g/mol. The molecule has 0 aliphatic carbocycles. The van der Waals surface area contributed by atoms with Gasteiger partial charge in [0, 0.05) is 5.56 Å². The lowest BCUT2D eigenvalue weighted by atomic mass is 10.1. The van der Waals surface area contributed by atoms with Crippen LogP contribution in [0.2, 0.25) is 5.28 Å². The third-order valence-corrected chi connectivity index (χ3v) is 3.61. The van der Waals surface area contributed by atoms with Crippen molar-refractivity contribution >= 4 is 11.6 Å². The van der Waals surface area contributed by atoms with Gasteiger partial charge in [-0.2, -0.15) is 0 Å². The summed E-state index contributed by atoms with van der Waals surface area (Å²) in [5, 5.41) is 8.63. The van der Waals surface area contributed by atoms with E-state index in [1.807, 2.05) is 53.1 Å². The third kappa shape index (κ3) is 2.32. The summed E-state index contributed by atoms with van der Waals surface area (Å²) in [5.41, 5.74) is 2.18. The number of hydrogen-bond acceptors (Lipinski definition) is 2. The van der Waals surface area contributed by atoms with Crippen molar-refractivity contribution in [1.29, 1.82) is 0 Å². The van der Waals surface area contributed by atoms with Gasteiger partial charge < -0.3 is 0 Å². The van der Waals surface area contributed by atoms with Crippen LogP contribution in [0.1, 0.15) is 18.5 Å². The van der Waals surface area contributed by atoms with Crippen molar-refractivity contribution in [2.24, 2.45) is 0 Å². The van der Waals surface area contributed by atoms with Crippen LogP contribution >= 0.6 is 11.6 Å². The maximum absolute atomic E-state index is 6.23. The van der Waals surface area contributed by atoms with Crippen LogP contribution in [0.3, 0.4) is 0 Å². The number of benzene rings is 2. The van der Waals surface area contributed by atoms with Crippen molar-refractivity contribution in [2.75, 3.05) is 0 Å². The second kappa shape index (κ2) is 5.47. The molecule has 3 nitrogen and oxygen atoms in total. The van der Waals surface area contributed by atoms with Gasteiger partial charge in [0.25, 0.3) is 0 Å². The molecule has 20 heavy (non-hydrogen) atoms. The van der Waals surface area contributed by atoms with E-state index < -0.39 is 0 Å². The molecule has 0 fully saturated rings. The topological polar surface area (TPSA) is 30.7 Å². The standard InChI is InChI=1S/C16H14ClN3/c1-12(13-8-4-2-5-9-13)20-15(18-19-16(20)17)14-10-6-3-7-11-14/h2-12H,1H3. The quantitative estimate of drug-likeness (QED) is 0.721. The Balaban J connectivity index is 2.08. The van der Waals surface area contributed by atoms with E-state index in [-0.39, 0.29) is 6.04 Å². The molecule has 0 aliphatic rings. The molecule has 0 saturated heterocycles. The second-order valence-corrected chi connectivity index (χ2v) is 4.95. The Morgan fingerprint density at radius 2 is 1.50 bits per heavy atom. The maximum Gasteiger partial charge on any atom is 0.225 e. The zero-order valence-corrected chi connectivity index (χ0v) is 11.8. The maximum atomic E-state index is 6.23. The zero-order valence-electron chi connectivity index (χ0n) is 11.1. The number of nitrogens with zero attached hydrogens (tertiary/aromatic N) is 3. The van der Waals surface area contributed by atoms with Crippen LogP contribution in [0.4, 0.5) is 0 Å². The van der Waals surface area contributed by atoms with Crippen LogP contribution in [-0.2, 0) is 0 Å². The Morgan fingerprint density at radius 3 is 2.15 bits per heavy atom. The van der Waals surface area contributed by atoms with Crippen LogP contribution in [-0.4, -0.2) is 14.8 Å². The monoisotopic (exact) mass is 283 g/mol. The highest BCUT2D eigenvalue weighted by Crippen LogP contribution is 2.28. The van der Waals surface area contributed by atoms with Crippen molar-refractivity contribution in [3.63, 3.8) is 0 Å². The van der Waals surface area contributed by atoms with Gasteiger partial charge in [-0.05, 0) is 24.1 Å². The van der Waals surface area contributed by atoms with E-state index in [1.54, 1.807) is 0 Å². The Bertz CT molecular complexity index is 692. The first-order valence-corrected chi connectivity index (χ1v) is 6.86. The summed E-state index contributed by atoms with van der Waals surface area (Å²) in [7, 11) is 0. The molecule has 0 N–H and O–H groups in total. The Morgan fingerprint density at radius 1 is 0.900 bits per heavy atom. The summed E-state index contributed by atoms with van der Waals surface area (Å²) in [4.78, 5) is 0. The molecule has 0 bridgehead atoms. The normalized spacial score (nSPS) is 12.3. The highest BCUT2D eigenvalue weighted by Gasteiger charge is 2.18. The lowest BCUT2D eigenvalue weighted by molar-refractivity contribution is 0.644. The summed E-state index contributed by atoms with van der Waals surface area (Å²) in [5.74, 6) is 0.784. The minimum atomic E-state index is 0.0777. The average Bonchev–Trinajstić information content (AvgIpc) is 2.90. The molecule has 100 valence electrons. The molecule has 3 aromatic rings.